The van der Waals surface area contributed by atoms with Gasteiger partial charge >= 0.3 is 37.7 Å². The maximum Gasteiger partial charge on any atom is 2.00 e. The Hall–Kier alpha value is -1.00. The summed E-state index contributed by atoms with van der Waals surface area (Å²) < 4.78 is 62.3. The van der Waals surface area contributed by atoms with Crippen molar-refractivity contribution >= 4 is 69.1 Å². The topological polar surface area (TPSA) is 114 Å². The molecule has 0 N–H and O–H groups in total. The van der Waals surface area contributed by atoms with Gasteiger partial charge in [0.05, 0.1) is 0 Å². The molecule has 0 aliphatic rings. The molecule has 27 heavy (non-hydrogen) atoms. The number of hydrogen-bond donors (Lipinski definition) is 0. The van der Waals surface area contributed by atoms with Gasteiger partial charge in [-0.2, -0.15) is 0 Å². The largest absolute Gasteiger partial charge is 2.00 e. The van der Waals surface area contributed by atoms with Gasteiger partial charge in [-0.3, -0.25) is 0 Å². The molecular formula is C18H18CaO6S2. The van der Waals surface area contributed by atoms with E-state index in [0.717, 1.165) is 21.9 Å². The number of benzene rings is 2. The zero-order valence-corrected chi connectivity index (χ0v) is 18.7. The third kappa shape index (κ3) is 12.1. The van der Waals surface area contributed by atoms with Gasteiger partial charge in [-0.25, -0.2) is 16.8 Å². The average Bonchev–Trinajstić information content (AvgIpc) is 2.54. The van der Waals surface area contributed by atoms with Crippen LogP contribution in [-0.2, 0) is 20.2 Å². The minimum Gasteiger partial charge on any atom is -0.744 e. The maximum absolute atomic E-state index is 10.4. The summed E-state index contributed by atoms with van der Waals surface area (Å²) >= 11 is 0. The molecule has 6 nitrogen and oxygen atoms in total. The Morgan fingerprint density at radius 3 is 1.15 bits per heavy atom. The van der Waals surface area contributed by atoms with Gasteiger partial charge in [-0.05, 0) is 36.1 Å². The van der Waals surface area contributed by atoms with E-state index in [4.69, 9.17) is 0 Å². The van der Waals surface area contributed by atoms with Crippen LogP contribution in [0.1, 0.15) is 25.0 Å². The van der Waals surface area contributed by atoms with E-state index in [2.05, 4.69) is 0 Å². The quantitative estimate of drug-likeness (QED) is 0.540. The van der Waals surface area contributed by atoms with Crippen LogP contribution in [0.4, 0.5) is 0 Å². The van der Waals surface area contributed by atoms with Crippen molar-refractivity contribution in [3.05, 3.63) is 82.6 Å². The minimum atomic E-state index is -4.28. The first-order valence-electron chi connectivity index (χ1n) is 7.37. The van der Waals surface area contributed by atoms with Crippen LogP contribution >= 0.6 is 0 Å². The van der Waals surface area contributed by atoms with Crippen LogP contribution in [0.5, 0.6) is 0 Å². The van der Waals surface area contributed by atoms with E-state index in [0.29, 0.717) is 11.1 Å². The van der Waals surface area contributed by atoms with Gasteiger partial charge in [0.2, 0.25) is 0 Å². The molecule has 0 atom stereocenters. The van der Waals surface area contributed by atoms with Gasteiger partial charge in [0, 0.05) is 10.8 Å². The SMILES string of the molecule is CC(=CS(=O)(=O)[O-])c1ccccc1.CC(=CS(=O)(=O)[O-])c1ccccc1.[Ca+2]. The van der Waals surface area contributed by atoms with Crippen LogP contribution in [0.3, 0.4) is 0 Å². The van der Waals surface area contributed by atoms with Gasteiger partial charge in [0.15, 0.2) is 0 Å². The number of rotatable bonds is 4. The van der Waals surface area contributed by atoms with E-state index in [1.54, 1.807) is 62.4 Å². The van der Waals surface area contributed by atoms with Crippen molar-refractivity contribution < 1.29 is 25.9 Å². The molecular weight excluding hydrogens is 416 g/mol. The molecule has 0 heterocycles. The molecule has 0 radical (unpaired) electrons. The van der Waals surface area contributed by atoms with E-state index in [9.17, 15) is 25.9 Å². The summed E-state index contributed by atoms with van der Waals surface area (Å²) in [4.78, 5) is 0. The Labute approximate surface area is 190 Å². The summed E-state index contributed by atoms with van der Waals surface area (Å²) in [6, 6.07) is 17.8. The second kappa shape index (κ2) is 11.8. The standard InChI is InChI=1S/2C9H10O3S.Ca/c2*1-8(7-13(10,11)12)9-5-3-2-4-6-9;/h2*2-7H,1H3,(H,10,11,12);/q;;+2/p-2. The van der Waals surface area contributed by atoms with Gasteiger partial charge < -0.3 is 9.11 Å². The van der Waals surface area contributed by atoms with Crippen molar-refractivity contribution in [3.8, 4) is 0 Å². The molecule has 0 bridgehead atoms. The van der Waals surface area contributed by atoms with Crippen LogP contribution in [0.15, 0.2) is 71.5 Å². The maximum atomic E-state index is 10.4. The molecule has 2 aromatic carbocycles. The summed E-state index contributed by atoms with van der Waals surface area (Å²) in [6.45, 7) is 3.18. The van der Waals surface area contributed by atoms with Crippen LogP contribution in [0.25, 0.3) is 11.1 Å². The molecule has 0 fully saturated rings. The smallest absolute Gasteiger partial charge is 0.744 e. The van der Waals surface area contributed by atoms with E-state index in [-0.39, 0.29) is 37.7 Å². The fourth-order valence-corrected chi connectivity index (χ4v) is 3.11. The van der Waals surface area contributed by atoms with Crippen molar-refractivity contribution in [1.29, 1.82) is 0 Å². The Bertz CT molecular complexity index is 897. The van der Waals surface area contributed by atoms with Crippen LogP contribution in [0.2, 0.25) is 0 Å². The molecule has 0 saturated carbocycles. The van der Waals surface area contributed by atoms with Crippen molar-refractivity contribution in [1.82, 2.24) is 0 Å². The molecule has 0 aromatic heterocycles. The molecule has 9 heteroatoms. The summed E-state index contributed by atoms with van der Waals surface area (Å²) in [5, 5.41) is 1.45. The Kier molecular flexibility index (Phi) is 11.3. The Morgan fingerprint density at radius 1 is 0.667 bits per heavy atom. The van der Waals surface area contributed by atoms with E-state index >= 15 is 0 Å². The van der Waals surface area contributed by atoms with Crippen LogP contribution in [-0.4, -0.2) is 63.7 Å². The van der Waals surface area contributed by atoms with Gasteiger partial charge in [-0.15, -0.1) is 0 Å². The third-order valence-electron chi connectivity index (χ3n) is 3.10. The Morgan fingerprint density at radius 2 is 0.926 bits per heavy atom. The van der Waals surface area contributed by atoms with Crippen molar-refractivity contribution in [3.63, 3.8) is 0 Å². The predicted molar refractivity (Wildman–Crippen MR) is 105 cm³/mol. The third-order valence-corrected chi connectivity index (χ3v) is 4.38. The minimum absolute atomic E-state index is 0. The molecule has 2 aromatic rings. The molecule has 0 spiro atoms. The van der Waals surface area contributed by atoms with Crippen LogP contribution in [0, 0.1) is 0 Å². The van der Waals surface area contributed by atoms with Crippen molar-refractivity contribution in [2.45, 2.75) is 13.8 Å². The van der Waals surface area contributed by atoms with Gasteiger partial charge in [0.25, 0.3) is 0 Å². The first kappa shape index (κ1) is 26.0. The summed E-state index contributed by atoms with van der Waals surface area (Å²) in [7, 11) is -8.57. The van der Waals surface area contributed by atoms with E-state index in [1.165, 1.54) is 0 Å². The fourth-order valence-electron chi connectivity index (χ4n) is 1.97. The molecule has 2 rings (SSSR count). The van der Waals surface area contributed by atoms with E-state index in [1.807, 2.05) is 12.1 Å². The average molecular weight is 435 g/mol. The number of allylic oxidation sites excluding steroid dienone is 2. The molecule has 0 aliphatic heterocycles. The first-order valence-corrected chi connectivity index (χ1v) is 10.3. The van der Waals surface area contributed by atoms with Gasteiger partial charge in [0.1, 0.15) is 20.2 Å². The second-order valence-electron chi connectivity index (χ2n) is 5.32. The molecule has 140 valence electrons. The molecule has 0 aliphatic carbocycles. The molecule has 0 amide bonds. The fraction of sp³-hybridized carbons (Fsp3) is 0.111. The van der Waals surface area contributed by atoms with Crippen molar-refractivity contribution in [2.24, 2.45) is 0 Å². The summed E-state index contributed by atoms with van der Waals surface area (Å²) in [5.41, 5.74) is 2.38. The zero-order valence-electron chi connectivity index (χ0n) is 14.9. The van der Waals surface area contributed by atoms with E-state index < -0.39 is 20.2 Å². The monoisotopic (exact) mass is 434 g/mol. The summed E-state index contributed by atoms with van der Waals surface area (Å²) in [6.07, 6.45) is 0. The predicted octanol–water partition coefficient (Wildman–Crippen LogP) is 2.80. The normalized spacial score (nSPS) is 12.4. The molecule has 0 unspecified atom stereocenters. The number of hydrogen-bond acceptors (Lipinski definition) is 6. The Balaban J connectivity index is 0.000000483. The zero-order chi connectivity index (χ0) is 19.8. The summed E-state index contributed by atoms with van der Waals surface area (Å²) in [5.74, 6) is 0. The van der Waals surface area contributed by atoms with Gasteiger partial charge in [-0.1, -0.05) is 60.7 Å². The molecule has 0 saturated heterocycles. The first-order chi connectivity index (χ1) is 12.0. The second-order valence-corrected chi connectivity index (χ2v) is 7.76. The van der Waals surface area contributed by atoms with Crippen LogP contribution < -0.4 is 0 Å². The van der Waals surface area contributed by atoms with Crippen molar-refractivity contribution in [2.75, 3.05) is 0 Å².